The van der Waals surface area contributed by atoms with Crippen LogP contribution in [-0.2, 0) is 14.3 Å². The molecular formula is C12H24N2O3. The highest BCUT2D eigenvalue weighted by molar-refractivity contribution is 5.77. The smallest absolute Gasteiger partial charge is 0.248 e. The third-order valence-electron chi connectivity index (χ3n) is 2.95. The summed E-state index contributed by atoms with van der Waals surface area (Å²) >= 11 is 0. The molecule has 1 fully saturated rings. The van der Waals surface area contributed by atoms with Crippen LogP contribution in [0, 0.1) is 0 Å². The van der Waals surface area contributed by atoms with Crippen molar-refractivity contribution in [2.24, 2.45) is 0 Å². The number of carbonyl (C=O) groups is 1. The summed E-state index contributed by atoms with van der Waals surface area (Å²) in [5.74, 6) is 0.0533. The predicted octanol–water partition coefficient (Wildman–Crippen LogP) is 0.250. The first-order chi connectivity index (χ1) is 8.27. The van der Waals surface area contributed by atoms with E-state index in [1.54, 1.807) is 7.11 Å². The molecule has 0 aromatic carbocycles. The van der Waals surface area contributed by atoms with Crippen LogP contribution in [0.5, 0.6) is 0 Å². The molecule has 0 aliphatic carbocycles. The van der Waals surface area contributed by atoms with Crippen molar-refractivity contribution >= 4 is 5.91 Å². The molecule has 17 heavy (non-hydrogen) atoms. The lowest BCUT2D eigenvalue weighted by Crippen LogP contribution is -2.44. The Labute approximate surface area is 103 Å². The minimum atomic E-state index is 0.0533. The fourth-order valence-electron chi connectivity index (χ4n) is 1.98. The first-order valence-corrected chi connectivity index (χ1v) is 6.35. The third-order valence-corrected chi connectivity index (χ3v) is 2.95. The standard InChI is InChI=1S/C12H24N2O3/c1-3-17-10-12(15)14(7-8-16-2)9-11-5-4-6-13-11/h11,13H,3-10H2,1-2H3. The Morgan fingerprint density at radius 1 is 1.53 bits per heavy atom. The highest BCUT2D eigenvalue weighted by atomic mass is 16.5. The van der Waals surface area contributed by atoms with Gasteiger partial charge in [0.1, 0.15) is 6.61 Å². The van der Waals surface area contributed by atoms with Crippen LogP contribution in [0.2, 0.25) is 0 Å². The van der Waals surface area contributed by atoms with Crippen molar-refractivity contribution in [2.75, 3.05) is 46.6 Å². The zero-order valence-corrected chi connectivity index (χ0v) is 10.9. The van der Waals surface area contributed by atoms with Gasteiger partial charge in [-0.15, -0.1) is 0 Å². The molecule has 5 heteroatoms. The third kappa shape index (κ3) is 5.48. The van der Waals surface area contributed by atoms with E-state index in [2.05, 4.69) is 5.32 Å². The maximum absolute atomic E-state index is 11.9. The van der Waals surface area contributed by atoms with Crippen LogP contribution in [-0.4, -0.2) is 63.4 Å². The molecule has 1 unspecified atom stereocenters. The molecule has 100 valence electrons. The summed E-state index contributed by atoms with van der Waals surface area (Å²) in [4.78, 5) is 13.7. The average molecular weight is 244 g/mol. The zero-order chi connectivity index (χ0) is 12.5. The van der Waals surface area contributed by atoms with Crippen molar-refractivity contribution < 1.29 is 14.3 Å². The number of nitrogens with zero attached hydrogens (tertiary/aromatic N) is 1. The highest BCUT2D eigenvalue weighted by Crippen LogP contribution is 2.07. The van der Waals surface area contributed by atoms with Gasteiger partial charge in [-0.2, -0.15) is 0 Å². The monoisotopic (exact) mass is 244 g/mol. The Hall–Kier alpha value is -0.650. The van der Waals surface area contributed by atoms with Crippen LogP contribution in [0.15, 0.2) is 0 Å². The number of rotatable bonds is 8. The van der Waals surface area contributed by atoms with Gasteiger partial charge in [0.05, 0.1) is 6.61 Å². The molecule has 0 spiro atoms. The lowest BCUT2D eigenvalue weighted by atomic mass is 10.2. The number of amides is 1. The number of nitrogens with one attached hydrogen (secondary N) is 1. The SMILES string of the molecule is CCOCC(=O)N(CCOC)CC1CCCN1. The molecule has 0 radical (unpaired) electrons. The molecular weight excluding hydrogens is 220 g/mol. The fraction of sp³-hybridized carbons (Fsp3) is 0.917. The molecule has 1 heterocycles. The van der Waals surface area contributed by atoms with Crippen molar-refractivity contribution in [1.29, 1.82) is 0 Å². The fourth-order valence-corrected chi connectivity index (χ4v) is 1.98. The Morgan fingerprint density at radius 3 is 2.94 bits per heavy atom. The summed E-state index contributed by atoms with van der Waals surface area (Å²) in [5, 5.41) is 3.40. The summed E-state index contributed by atoms with van der Waals surface area (Å²) in [7, 11) is 1.65. The Bertz CT molecular complexity index is 218. The molecule has 0 saturated carbocycles. The summed E-state index contributed by atoms with van der Waals surface area (Å²) in [6, 6.07) is 0.428. The van der Waals surface area contributed by atoms with E-state index in [0.717, 1.165) is 19.5 Å². The van der Waals surface area contributed by atoms with E-state index < -0.39 is 0 Å². The first-order valence-electron chi connectivity index (χ1n) is 6.35. The molecule has 1 atom stereocenters. The normalized spacial score (nSPS) is 19.5. The summed E-state index contributed by atoms with van der Waals surface area (Å²) in [6.07, 6.45) is 2.34. The molecule has 5 nitrogen and oxygen atoms in total. The quantitative estimate of drug-likeness (QED) is 0.665. The summed E-state index contributed by atoms with van der Waals surface area (Å²) in [5.41, 5.74) is 0. The minimum Gasteiger partial charge on any atom is -0.383 e. The molecule has 1 aliphatic heterocycles. The second-order valence-corrected chi connectivity index (χ2v) is 4.26. The van der Waals surface area contributed by atoms with Crippen LogP contribution in [0.4, 0.5) is 0 Å². The Kier molecular flexibility index (Phi) is 7.16. The second kappa shape index (κ2) is 8.44. The van der Waals surface area contributed by atoms with Crippen molar-refractivity contribution in [1.82, 2.24) is 10.2 Å². The van der Waals surface area contributed by atoms with Crippen LogP contribution in [0.3, 0.4) is 0 Å². The lowest BCUT2D eigenvalue weighted by Gasteiger charge is -2.25. The predicted molar refractivity (Wildman–Crippen MR) is 66.0 cm³/mol. The number of methoxy groups -OCH3 is 1. The highest BCUT2D eigenvalue weighted by Gasteiger charge is 2.21. The van der Waals surface area contributed by atoms with E-state index in [4.69, 9.17) is 9.47 Å². The maximum Gasteiger partial charge on any atom is 0.248 e. The van der Waals surface area contributed by atoms with Crippen LogP contribution in [0.1, 0.15) is 19.8 Å². The maximum atomic E-state index is 11.9. The van der Waals surface area contributed by atoms with Gasteiger partial charge < -0.3 is 19.7 Å². The number of hydrogen-bond acceptors (Lipinski definition) is 4. The zero-order valence-electron chi connectivity index (χ0n) is 10.9. The Balaban J connectivity index is 2.37. The lowest BCUT2D eigenvalue weighted by molar-refractivity contribution is -0.137. The van der Waals surface area contributed by atoms with Gasteiger partial charge in [-0.1, -0.05) is 0 Å². The molecule has 0 aromatic rings. The minimum absolute atomic E-state index is 0.0533. The first kappa shape index (κ1) is 14.4. The van der Waals surface area contributed by atoms with Gasteiger partial charge in [0.15, 0.2) is 0 Å². The topological polar surface area (TPSA) is 50.8 Å². The Morgan fingerprint density at radius 2 is 2.35 bits per heavy atom. The number of carbonyl (C=O) groups excluding carboxylic acids is 1. The molecule has 1 saturated heterocycles. The molecule has 1 N–H and O–H groups in total. The van der Waals surface area contributed by atoms with E-state index in [9.17, 15) is 4.79 Å². The van der Waals surface area contributed by atoms with Crippen LogP contribution in [0.25, 0.3) is 0 Å². The molecule has 0 bridgehead atoms. The second-order valence-electron chi connectivity index (χ2n) is 4.26. The average Bonchev–Trinajstić information content (AvgIpc) is 2.84. The van der Waals surface area contributed by atoms with Gasteiger partial charge >= 0.3 is 0 Å². The van der Waals surface area contributed by atoms with E-state index in [-0.39, 0.29) is 12.5 Å². The van der Waals surface area contributed by atoms with Crippen molar-refractivity contribution in [2.45, 2.75) is 25.8 Å². The van der Waals surface area contributed by atoms with Gasteiger partial charge in [-0.25, -0.2) is 0 Å². The van der Waals surface area contributed by atoms with E-state index in [1.807, 2.05) is 11.8 Å². The van der Waals surface area contributed by atoms with Gasteiger partial charge in [-0.05, 0) is 26.3 Å². The summed E-state index contributed by atoms with van der Waals surface area (Å²) in [6.45, 7) is 5.67. The number of hydrogen-bond donors (Lipinski definition) is 1. The van der Waals surface area contributed by atoms with Crippen LogP contribution >= 0.6 is 0 Å². The largest absolute Gasteiger partial charge is 0.383 e. The van der Waals surface area contributed by atoms with Gasteiger partial charge in [0, 0.05) is 32.8 Å². The molecule has 0 aromatic heterocycles. The molecule has 1 amide bonds. The molecule has 1 aliphatic rings. The number of ether oxygens (including phenoxy) is 2. The van der Waals surface area contributed by atoms with Crippen molar-refractivity contribution in [3.8, 4) is 0 Å². The van der Waals surface area contributed by atoms with Crippen molar-refractivity contribution in [3.05, 3.63) is 0 Å². The van der Waals surface area contributed by atoms with Crippen LogP contribution < -0.4 is 5.32 Å². The van der Waals surface area contributed by atoms with E-state index >= 15 is 0 Å². The molecule has 1 rings (SSSR count). The van der Waals surface area contributed by atoms with E-state index in [1.165, 1.54) is 6.42 Å². The summed E-state index contributed by atoms with van der Waals surface area (Å²) < 4.78 is 10.2. The van der Waals surface area contributed by atoms with Gasteiger partial charge in [0.25, 0.3) is 0 Å². The van der Waals surface area contributed by atoms with Gasteiger partial charge in [0.2, 0.25) is 5.91 Å². The van der Waals surface area contributed by atoms with Gasteiger partial charge in [-0.3, -0.25) is 4.79 Å². The van der Waals surface area contributed by atoms with E-state index in [0.29, 0.717) is 25.8 Å². The van der Waals surface area contributed by atoms with Crippen molar-refractivity contribution in [3.63, 3.8) is 0 Å².